The predicted molar refractivity (Wildman–Crippen MR) is 105 cm³/mol. The topological polar surface area (TPSA) is 63.4 Å². The highest BCUT2D eigenvalue weighted by Crippen LogP contribution is 2.36. The average molecular weight is 403 g/mol. The molecular formula is C20H19ClN2O3S. The van der Waals surface area contributed by atoms with Crippen molar-refractivity contribution in [3.63, 3.8) is 0 Å². The molecule has 27 heavy (non-hydrogen) atoms. The Kier molecular flexibility index (Phi) is 4.70. The van der Waals surface area contributed by atoms with Crippen LogP contribution < -0.4 is 4.90 Å². The number of aryl methyl sites for hydroxylation is 1. The molecule has 0 radical (unpaired) electrons. The van der Waals surface area contributed by atoms with Gasteiger partial charge in [-0.3, -0.25) is 0 Å². The first-order valence-corrected chi connectivity index (χ1v) is 10.6. The lowest BCUT2D eigenvalue weighted by molar-refractivity contribution is 0.556. The molecule has 5 nitrogen and oxygen atoms in total. The third-order valence-corrected chi connectivity index (χ3v) is 6.57. The normalized spacial score (nSPS) is 14.7. The summed E-state index contributed by atoms with van der Waals surface area (Å²) in [5.74, 6) is 0.595. The SMILES string of the molecule is Cc1ccc(S(=O)(=O)c2nc(-c3ccc(Cl)cc3)oc2N2CCCC2)cc1. The molecule has 7 heteroatoms. The molecule has 0 atom stereocenters. The Hall–Kier alpha value is -2.31. The smallest absolute Gasteiger partial charge is 0.236 e. The van der Waals surface area contributed by atoms with Crippen molar-refractivity contribution in [3.05, 3.63) is 59.1 Å². The standard InChI is InChI=1S/C20H19ClN2O3S/c1-14-4-10-17(11-5-14)27(24,25)19-20(23-12-2-3-13-23)26-18(22-19)15-6-8-16(21)9-7-15/h4-11H,2-3,12-13H2,1H3. The van der Waals surface area contributed by atoms with Crippen LogP contribution >= 0.6 is 11.6 Å². The molecule has 1 aliphatic rings. The summed E-state index contributed by atoms with van der Waals surface area (Å²) in [5, 5.41) is 0.566. The summed E-state index contributed by atoms with van der Waals surface area (Å²) in [5.41, 5.74) is 1.68. The molecule has 0 amide bonds. The van der Waals surface area contributed by atoms with Gasteiger partial charge in [-0.2, -0.15) is 4.98 Å². The van der Waals surface area contributed by atoms with Crippen LogP contribution in [0.5, 0.6) is 0 Å². The van der Waals surface area contributed by atoms with Crippen molar-refractivity contribution in [3.8, 4) is 11.5 Å². The van der Waals surface area contributed by atoms with Crippen LogP contribution in [-0.4, -0.2) is 26.5 Å². The Bertz CT molecular complexity index is 1050. The maximum absolute atomic E-state index is 13.3. The molecule has 0 bridgehead atoms. The van der Waals surface area contributed by atoms with Gasteiger partial charge in [-0.15, -0.1) is 0 Å². The van der Waals surface area contributed by atoms with E-state index in [4.69, 9.17) is 16.0 Å². The summed E-state index contributed by atoms with van der Waals surface area (Å²) < 4.78 is 32.5. The van der Waals surface area contributed by atoms with Gasteiger partial charge in [0.25, 0.3) is 0 Å². The third-order valence-electron chi connectivity index (χ3n) is 4.65. The highest BCUT2D eigenvalue weighted by molar-refractivity contribution is 7.91. The van der Waals surface area contributed by atoms with Crippen molar-refractivity contribution >= 4 is 27.3 Å². The summed E-state index contributed by atoms with van der Waals surface area (Å²) in [6.07, 6.45) is 2.00. The molecule has 1 fully saturated rings. The van der Waals surface area contributed by atoms with Crippen molar-refractivity contribution in [2.45, 2.75) is 29.7 Å². The van der Waals surface area contributed by atoms with E-state index in [1.165, 1.54) is 0 Å². The lowest BCUT2D eigenvalue weighted by Crippen LogP contribution is -2.19. The molecule has 3 aromatic rings. The number of benzene rings is 2. The molecule has 2 aromatic carbocycles. The predicted octanol–water partition coefficient (Wildman–Crippen LogP) is 4.74. The van der Waals surface area contributed by atoms with Gasteiger partial charge in [0.2, 0.25) is 26.6 Å². The van der Waals surface area contributed by atoms with E-state index in [2.05, 4.69) is 4.98 Å². The first-order chi connectivity index (χ1) is 12.9. The third kappa shape index (κ3) is 3.47. The molecule has 1 saturated heterocycles. The zero-order chi connectivity index (χ0) is 19.0. The van der Waals surface area contributed by atoms with Gasteiger partial charge in [0, 0.05) is 23.7 Å². The minimum Gasteiger partial charge on any atom is -0.419 e. The molecule has 0 unspecified atom stereocenters. The minimum atomic E-state index is -3.79. The second kappa shape index (κ2) is 7.02. The molecular weight excluding hydrogens is 384 g/mol. The maximum Gasteiger partial charge on any atom is 0.236 e. The first kappa shape index (κ1) is 18.1. The highest BCUT2D eigenvalue weighted by Gasteiger charge is 2.32. The summed E-state index contributed by atoms with van der Waals surface area (Å²) in [4.78, 5) is 6.55. The average Bonchev–Trinajstić information content (AvgIpc) is 3.32. The zero-order valence-electron chi connectivity index (χ0n) is 14.9. The highest BCUT2D eigenvalue weighted by atomic mass is 35.5. The number of sulfone groups is 1. The fourth-order valence-corrected chi connectivity index (χ4v) is 4.59. The van der Waals surface area contributed by atoms with Crippen LogP contribution in [0.25, 0.3) is 11.5 Å². The van der Waals surface area contributed by atoms with Gasteiger partial charge in [0.15, 0.2) is 0 Å². The molecule has 0 N–H and O–H groups in total. The van der Waals surface area contributed by atoms with Crippen LogP contribution in [0.3, 0.4) is 0 Å². The Morgan fingerprint density at radius 1 is 1.00 bits per heavy atom. The van der Waals surface area contributed by atoms with E-state index in [-0.39, 0.29) is 15.8 Å². The van der Waals surface area contributed by atoms with Crippen molar-refractivity contribution in [1.82, 2.24) is 4.98 Å². The van der Waals surface area contributed by atoms with Gasteiger partial charge < -0.3 is 9.32 Å². The molecule has 140 valence electrons. The Morgan fingerprint density at radius 3 is 2.26 bits per heavy atom. The number of halogens is 1. The number of aromatic nitrogens is 1. The largest absolute Gasteiger partial charge is 0.419 e. The summed E-state index contributed by atoms with van der Waals surface area (Å²) >= 11 is 5.95. The van der Waals surface area contributed by atoms with Crippen LogP contribution in [0.2, 0.25) is 5.02 Å². The molecule has 0 aliphatic carbocycles. The van der Waals surface area contributed by atoms with E-state index in [9.17, 15) is 8.42 Å². The quantitative estimate of drug-likeness (QED) is 0.630. The van der Waals surface area contributed by atoms with Crippen molar-refractivity contribution in [2.24, 2.45) is 0 Å². The summed E-state index contributed by atoms with van der Waals surface area (Å²) in [6, 6.07) is 13.8. The number of hydrogen-bond donors (Lipinski definition) is 0. The fourth-order valence-electron chi connectivity index (χ4n) is 3.14. The van der Waals surface area contributed by atoms with Gasteiger partial charge in [0.1, 0.15) is 0 Å². The van der Waals surface area contributed by atoms with Gasteiger partial charge >= 0.3 is 0 Å². The molecule has 1 aliphatic heterocycles. The molecule has 0 saturated carbocycles. The number of anilines is 1. The lowest BCUT2D eigenvalue weighted by Gasteiger charge is -2.14. The second-order valence-corrected chi connectivity index (χ2v) is 8.95. The van der Waals surface area contributed by atoms with Crippen LogP contribution in [0.1, 0.15) is 18.4 Å². The van der Waals surface area contributed by atoms with E-state index in [1.54, 1.807) is 48.5 Å². The number of hydrogen-bond acceptors (Lipinski definition) is 5. The Labute approximate surface area is 163 Å². The van der Waals surface area contributed by atoms with Crippen molar-refractivity contribution in [2.75, 3.05) is 18.0 Å². The fraction of sp³-hybridized carbons (Fsp3) is 0.250. The molecule has 0 spiro atoms. The van der Waals surface area contributed by atoms with Gasteiger partial charge in [-0.1, -0.05) is 29.3 Å². The van der Waals surface area contributed by atoms with E-state index >= 15 is 0 Å². The van der Waals surface area contributed by atoms with Crippen LogP contribution in [-0.2, 0) is 9.84 Å². The Balaban J connectivity index is 1.85. The van der Waals surface area contributed by atoms with Gasteiger partial charge in [-0.05, 0) is 56.2 Å². The van der Waals surface area contributed by atoms with E-state index in [0.29, 0.717) is 16.5 Å². The lowest BCUT2D eigenvalue weighted by atomic mass is 10.2. The number of oxazole rings is 1. The second-order valence-electron chi connectivity index (χ2n) is 6.65. The zero-order valence-corrected chi connectivity index (χ0v) is 16.4. The molecule has 2 heterocycles. The first-order valence-electron chi connectivity index (χ1n) is 8.78. The Morgan fingerprint density at radius 2 is 1.63 bits per heavy atom. The van der Waals surface area contributed by atoms with E-state index in [1.807, 2.05) is 11.8 Å². The summed E-state index contributed by atoms with van der Waals surface area (Å²) in [7, 11) is -3.79. The van der Waals surface area contributed by atoms with Crippen molar-refractivity contribution < 1.29 is 12.8 Å². The van der Waals surface area contributed by atoms with Crippen LogP contribution in [0, 0.1) is 6.92 Å². The van der Waals surface area contributed by atoms with Crippen LogP contribution in [0.4, 0.5) is 5.88 Å². The van der Waals surface area contributed by atoms with Gasteiger partial charge in [-0.25, -0.2) is 8.42 Å². The van der Waals surface area contributed by atoms with E-state index in [0.717, 1.165) is 31.5 Å². The monoisotopic (exact) mass is 402 g/mol. The molecule has 4 rings (SSSR count). The van der Waals surface area contributed by atoms with Crippen molar-refractivity contribution in [1.29, 1.82) is 0 Å². The van der Waals surface area contributed by atoms with Gasteiger partial charge in [0.05, 0.1) is 4.90 Å². The van der Waals surface area contributed by atoms with Crippen LogP contribution in [0.15, 0.2) is 62.9 Å². The number of nitrogens with zero attached hydrogens (tertiary/aromatic N) is 2. The van der Waals surface area contributed by atoms with E-state index < -0.39 is 9.84 Å². The minimum absolute atomic E-state index is 0.0294. The maximum atomic E-state index is 13.3. The molecule has 1 aromatic heterocycles. The summed E-state index contributed by atoms with van der Waals surface area (Å²) in [6.45, 7) is 3.43. The number of rotatable bonds is 4.